The Balaban J connectivity index is 1.58. The predicted octanol–water partition coefficient (Wildman–Crippen LogP) is 4.89. The summed E-state index contributed by atoms with van der Waals surface area (Å²) < 4.78 is 5.12. The summed E-state index contributed by atoms with van der Waals surface area (Å²) in [5.74, 6) is -0.762. The van der Waals surface area contributed by atoms with Crippen molar-refractivity contribution in [2.75, 3.05) is 5.32 Å². The van der Waals surface area contributed by atoms with Gasteiger partial charge in [0.25, 0.3) is 0 Å². The fraction of sp³-hybridized carbons (Fsp3) is 0.136. The average Bonchev–Trinajstić information content (AvgIpc) is 3.21. The standard InChI is InChI=1S/C22H19ClN2O4S/c1-14(24-22(28)29-13-15-7-3-2-4-8-15)20(27)25-21-17(11-12-30-21)19(26)16-9-5-6-10-18(16)23/h2-12,14H,13H2,1H3,(H,24,28)(H,25,27). The zero-order valence-electron chi connectivity index (χ0n) is 16.1. The molecule has 0 aliphatic heterocycles. The maximum absolute atomic E-state index is 12.8. The number of alkyl carbamates (subject to hydrolysis) is 1. The minimum absolute atomic E-state index is 0.0996. The van der Waals surface area contributed by atoms with Gasteiger partial charge in [-0.15, -0.1) is 11.3 Å². The van der Waals surface area contributed by atoms with E-state index in [1.165, 1.54) is 18.3 Å². The van der Waals surface area contributed by atoms with Gasteiger partial charge in [-0.05, 0) is 36.1 Å². The molecular weight excluding hydrogens is 424 g/mol. The van der Waals surface area contributed by atoms with E-state index in [4.69, 9.17) is 16.3 Å². The van der Waals surface area contributed by atoms with Crippen LogP contribution in [-0.2, 0) is 16.1 Å². The van der Waals surface area contributed by atoms with E-state index in [2.05, 4.69) is 10.6 Å². The van der Waals surface area contributed by atoms with Gasteiger partial charge in [0.15, 0.2) is 5.78 Å². The SMILES string of the molecule is CC(NC(=O)OCc1ccccc1)C(=O)Nc1sccc1C(=O)c1ccccc1Cl. The lowest BCUT2D eigenvalue weighted by Gasteiger charge is -2.14. The van der Waals surface area contributed by atoms with Gasteiger partial charge in [0.2, 0.25) is 5.91 Å². The molecule has 6 nitrogen and oxygen atoms in total. The largest absolute Gasteiger partial charge is 0.445 e. The second-order valence-electron chi connectivity index (χ2n) is 6.39. The molecule has 3 rings (SSSR count). The highest BCUT2D eigenvalue weighted by Crippen LogP contribution is 2.28. The summed E-state index contributed by atoms with van der Waals surface area (Å²) in [7, 11) is 0. The molecule has 8 heteroatoms. The van der Waals surface area contributed by atoms with Gasteiger partial charge in [-0.1, -0.05) is 54.1 Å². The van der Waals surface area contributed by atoms with Gasteiger partial charge in [0.05, 0.1) is 10.6 Å². The molecule has 1 atom stereocenters. The van der Waals surface area contributed by atoms with Crippen LogP contribution in [0.15, 0.2) is 66.0 Å². The molecule has 0 bridgehead atoms. The first kappa shape index (κ1) is 21.5. The summed E-state index contributed by atoms with van der Waals surface area (Å²) in [6.45, 7) is 1.63. The van der Waals surface area contributed by atoms with E-state index < -0.39 is 18.0 Å². The molecule has 2 aromatic carbocycles. The van der Waals surface area contributed by atoms with Crippen molar-refractivity contribution in [2.24, 2.45) is 0 Å². The first-order chi connectivity index (χ1) is 14.5. The molecule has 30 heavy (non-hydrogen) atoms. The van der Waals surface area contributed by atoms with E-state index in [0.717, 1.165) is 5.56 Å². The van der Waals surface area contributed by atoms with Crippen molar-refractivity contribution >= 4 is 45.7 Å². The molecule has 3 aromatic rings. The van der Waals surface area contributed by atoms with E-state index in [9.17, 15) is 14.4 Å². The Labute approximate surface area is 182 Å². The minimum Gasteiger partial charge on any atom is -0.445 e. The van der Waals surface area contributed by atoms with Crippen LogP contribution < -0.4 is 10.6 Å². The molecule has 1 heterocycles. The van der Waals surface area contributed by atoms with Crippen molar-refractivity contribution in [2.45, 2.75) is 19.6 Å². The fourth-order valence-corrected chi connectivity index (χ4v) is 3.61. The summed E-state index contributed by atoms with van der Waals surface area (Å²) in [5.41, 5.74) is 1.52. The van der Waals surface area contributed by atoms with Crippen LogP contribution >= 0.6 is 22.9 Å². The zero-order valence-corrected chi connectivity index (χ0v) is 17.6. The number of hydrogen-bond acceptors (Lipinski definition) is 5. The summed E-state index contributed by atoms with van der Waals surface area (Å²) in [5, 5.41) is 7.58. The number of ether oxygens (including phenoxy) is 1. The maximum atomic E-state index is 12.8. The first-order valence-corrected chi connectivity index (χ1v) is 10.4. The average molecular weight is 443 g/mol. The molecule has 154 valence electrons. The number of carbonyl (C=O) groups is 3. The maximum Gasteiger partial charge on any atom is 0.408 e. The normalized spacial score (nSPS) is 11.4. The van der Waals surface area contributed by atoms with Gasteiger partial charge in [-0.2, -0.15) is 0 Å². The monoisotopic (exact) mass is 442 g/mol. The Hall–Kier alpha value is -3.16. The summed E-state index contributed by atoms with van der Waals surface area (Å²) >= 11 is 7.32. The summed E-state index contributed by atoms with van der Waals surface area (Å²) in [6.07, 6.45) is -0.708. The zero-order chi connectivity index (χ0) is 21.5. The Morgan fingerprint density at radius 3 is 2.43 bits per heavy atom. The molecule has 1 aromatic heterocycles. The Kier molecular flexibility index (Phi) is 7.21. The van der Waals surface area contributed by atoms with Crippen LogP contribution in [-0.4, -0.2) is 23.8 Å². The number of carbonyl (C=O) groups excluding carboxylic acids is 3. The highest BCUT2D eigenvalue weighted by molar-refractivity contribution is 7.14. The minimum atomic E-state index is -0.862. The van der Waals surface area contributed by atoms with Crippen LogP contribution in [0, 0.1) is 0 Å². The highest BCUT2D eigenvalue weighted by atomic mass is 35.5. The number of hydrogen-bond donors (Lipinski definition) is 2. The van der Waals surface area contributed by atoms with Gasteiger partial charge in [-0.3, -0.25) is 9.59 Å². The molecule has 2 amide bonds. The molecule has 0 radical (unpaired) electrons. The number of halogens is 1. The van der Waals surface area contributed by atoms with Crippen molar-refractivity contribution in [1.82, 2.24) is 5.32 Å². The molecule has 2 N–H and O–H groups in total. The third-order valence-electron chi connectivity index (χ3n) is 4.21. The van der Waals surface area contributed by atoms with E-state index in [-0.39, 0.29) is 12.4 Å². The van der Waals surface area contributed by atoms with Gasteiger partial charge in [-0.25, -0.2) is 4.79 Å². The second kappa shape index (κ2) is 10.0. The Morgan fingerprint density at radius 2 is 1.70 bits per heavy atom. The fourth-order valence-electron chi connectivity index (χ4n) is 2.60. The number of ketones is 1. The van der Waals surface area contributed by atoms with E-state index >= 15 is 0 Å². The van der Waals surface area contributed by atoms with Crippen molar-refractivity contribution in [3.8, 4) is 0 Å². The van der Waals surface area contributed by atoms with Crippen molar-refractivity contribution in [1.29, 1.82) is 0 Å². The number of rotatable bonds is 7. The highest BCUT2D eigenvalue weighted by Gasteiger charge is 2.22. The van der Waals surface area contributed by atoms with Gasteiger partial charge in [0.1, 0.15) is 17.6 Å². The van der Waals surface area contributed by atoms with E-state index in [1.54, 1.807) is 35.7 Å². The van der Waals surface area contributed by atoms with Crippen molar-refractivity contribution in [3.05, 3.63) is 87.8 Å². The van der Waals surface area contributed by atoms with Crippen LogP contribution in [0.3, 0.4) is 0 Å². The lowest BCUT2D eigenvalue weighted by atomic mass is 10.1. The molecule has 0 aliphatic rings. The molecule has 0 saturated heterocycles. The number of benzene rings is 2. The second-order valence-corrected chi connectivity index (χ2v) is 7.71. The summed E-state index contributed by atoms with van der Waals surface area (Å²) in [4.78, 5) is 37.2. The smallest absolute Gasteiger partial charge is 0.408 e. The lowest BCUT2D eigenvalue weighted by molar-refractivity contribution is -0.117. The molecule has 0 aliphatic carbocycles. The van der Waals surface area contributed by atoms with Gasteiger partial charge in [0, 0.05) is 5.56 Å². The van der Waals surface area contributed by atoms with Gasteiger partial charge >= 0.3 is 6.09 Å². The third-order valence-corrected chi connectivity index (χ3v) is 5.36. The van der Waals surface area contributed by atoms with Crippen molar-refractivity contribution in [3.63, 3.8) is 0 Å². The van der Waals surface area contributed by atoms with E-state index in [1.807, 2.05) is 30.3 Å². The number of nitrogens with one attached hydrogen (secondary N) is 2. The molecule has 0 spiro atoms. The van der Waals surface area contributed by atoms with Crippen LogP contribution in [0.1, 0.15) is 28.4 Å². The summed E-state index contributed by atoms with van der Waals surface area (Å²) in [6, 6.07) is 16.7. The van der Waals surface area contributed by atoms with Crippen LogP contribution in [0.5, 0.6) is 0 Å². The van der Waals surface area contributed by atoms with Gasteiger partial charge < -0.3 is 15.4 Å². The third kappa shape index (κ3) is 5.46. The van der Waals surface area contributed by atoms with Crippen LogP contribution in [0.2, 0.25) is 5.02 Å². The topological polar surface area (TPSA) is 84.5 Å². The number of thiophene rings is 1. The molecule has 0 fully saturated rings. The molecule has 1 unspecified atom stereocenters. The predicted molar refractivity (Wildman–Crippen MR) is 117 cm³/mol. The lowest BCUT2D eigenvalue weighted by Crippen LogP contribution is -2.41. The Bertz CT molecular complexity index is 1050. The van der Waals surface area contributed by atoms with Crippen molar-refractivity contribution < 1.29 is 19.1 Å². The van der Waals surface area contributed by atoms with Crippen LogP contribution in [0.25, 0.3) is 0 Å². The Morgan fingerprint density at radius 1 is 1.00 bits per heavy atom. The first-order valence-electron chi connectivity index (χ1n) is 9.10. The van der Waals surface area contributed by atoms with E-state index in [0.29, 0.717) is 21.2 Å². The molecular formula is C22H19ClN2O4S. The molecule has 0 saturated carbocycles. The van der Waals surface area contributed by atoms with Crippen LogP contribution in [0.4, 0.5) is 9.80 Å². The number of anilines is 1. The number of amides is 2. The quantitative estimate of drug-likeness (QED) is 0.510.